The lowest BCUT2D eigenvalue weighted by Crippen LogP contribution is -2.47. The van der Waals surface area contributed by atoms with E-state index in [1.165, 1.54) is 24.9 Å². The van der Waals surface area contributed by atoms with Crippen LogP contribution in [-0.2, 0) is 16.0 Å². The van der Waals surface area contributed by atoms with Gasteiger partial charge in [0.15, 0.2) is 0 Å². The van der Waals surface area contributed by atoms with Gasteiger partial charge in [0.05, 0.1) is 24.9 Å². The van der Waals surface area contributed by atoms with Crippen molar-refractivity contribution in [2.45, 2.75) is 37.5 Å². The van der Waals surface area contributed by atoms with Crippen molar-refractivity contribution in [2.75, 3.05) is 26.3 Å². The average Bonchev–Trinajstić information content (AvgIpc) is 3.07. The van der Waals surface area contributed by atoms with Gasteiger partial charge in [0.25, 0.3) is 0 Å². The normalized spacial score (nSPS) is 30.9. The van der Waals surface area contributed by atoms with Crippen molar-refractivity contribution < 1.29 is 9.47 Å². The highest BCUT2D eigenvalue weighted by Gasteiger charge is 2.43. The predicted molar refractivity (Wildman–Crippen MR) is 82.1 cm³/mol. The molecule has 0 radical (unpaired) electrons. The van der Waals surface area contributed by atoms with E-state index in [1.807, 2.05) is 6.08 Å². The summed E-state index contributed by atoms with van der Waals surface area (Å²) in [5.41, 5.74) is 1.45. The molecule has 0 saturated carbocycles. The van der Waals surface area contributed by atoms with Crippen molar-refractivity contribution in [3.05, 3.63) is 35.0 Å². The molecule has 4 heteroatoms. The Morgan fingerprint density at radius 3 is 3.35 bits per heavy atom. The van der Waals surface area contributed by atoms with Crippen LogP contribution in [0.25, 0.3) is 0 Å². The lowest BCUT2D eigenvalue weighted by atomic mass is 9.89. The number of hydrogen-bond donors (Lipinski definition) is 0. The van der Waals surface area contributed by atoms with Gasteiger partial charge in [0.1, 0.15) is 0 Å². The molecular formula is C16H23NO2S. The Labute approximate surface area is 125 Å². The average molecular weight is 293 g/mol. The van der Waals surface area contributed by atoms with Crippen LogP contribution < -0.4 is 0 Å². The second-order valence-electron chi connectivity index (χ2n) is 5.89. The number of likely N-dealkylation sites (tertiary alicyclic amines) is 1. The highest BCUT2D eigenvalue weighted by Crippen LogP contribution is 2.36. The first kappa shape index (κ1) is 14.3. The number of rotatable bonds is 5. The van der Waals surface area contributed by atoms with Gasteiger partial charge in [-0.25, -0.2) is 0 Å². The van der Waals surface area contributed by atoms with Crippen LogP contribution in [-0.4, -0.2) is 42.9 Å². The molecule has 0 bridgehead atoms. The summed E-state index contributed by atoms with van der Waals surface area (Å²) < 4.78 is 11.9. The van der Waals surface area contributed by atoms with Crippen LogP contribution in [0.3, 0.4) is 0 Å². The Bertz CT molecular complexity index is 434. The molecule has 20 heavy (non-hydrogen) atoms. The van der Waals surface area contributed by atoms with Crippen molar-refractivity contribution in [3.8, 4) is 0 Å². The van der Waals surface area contributed by atoms with Gasteiger partial charge in [-0.3, -0.25) is 4.90 Å². The summed E-state index contributed by atoms with van der Waals surface area (Å²) in [7, 11) is 0. The molecule has 0 amide bonds. The van der Waals surface area contributed by atoms with Crippen LogP contribution in [0.15, 0.2) is 29.5 Å². The lowest BCUT2D eigenvalue weighted by molar-refractivity contribution is -0.0544. The fraction of sp³-hybridized carbons (Fsp3) is 0.625. The largest absolute Gasteiger partial charge is 0.372 e. The maximum absolute atomic E-state index is 6.14. The third kappa shape index (κ3) is 3.31. The van der Waals surface area contributed by atoms with E-state index in [4.69, 9.17) is 9.47 Å². The Balaban J connectivity index is 1.56. The molecule has 2 saturated heterocycles. The second kappa shape index (κ2) is 6.39. The third-order valence-electron chi connectivity index (χ3n) is 4.23. The van der Waals surface area contributed by atoms with E-state index in [2.05, 4.69) is 28.3 Å². The van der Waals surface area contributed by atoms with E-state index >= 15 is 0 Å². The van der Waals surface area contributed by atoms with Crippen molar-refractivity contribution in [1.82, 2.24) is 4.90 Å². The highest BCUT2D eigenvalue weighted by atomic mass is 32.1. The second-order valence-corrected chi connectivity index (χ2v) is 6.67. The van der Waals surface area contributed by atoms with Crippen molar-refractivity contribution in [2.24, 2.45) is 0 Å². The Kier molecular flexibility index (Phi) is 4.56. The summed E-state index contributed by atoms with van der Waals surface area (Å²) in [6.07, 6.45) is 5.48. The van der Waals surface area contributed by atoms with Crippen LogP contribution in [0.2, 0.25) is 0 Å². The third-order valence-corrected chi connectivity index (χ3v) is 4.96. The van der Waals surface area contributed by atoms with Crippen LogP contribution >= 0.6 is 11.3 Å². The van der Waals surface area contributed by atoms with E-state index in [9.17, 15) is 0 Å². The molecule has 3 rings (SSSR count). The molecule has 1 aromatic heterocycles. The van der Waals surface area contributed by atoms with E-state index in [1.54, 1.807) is 11.3 Å². The standard InChI is InChI=1S/C16H23NO2S/c1-2-7-18-15-9-16(19-11-15)5-3-6-17(13-16)10-14-4-8-20-12-14/h2,4,8,12,15H,1,3,5-7,9-11,13H2/t15-,16+/m1/s1. The number of hydrogen-bond acceptors (Lipinski definition) is 4. The number of nitrogens with zero attached hydrogens (tertiary/aromatic N) is 1. The van der Waals surface area contributed by atoms with E-state index < -0.39 is 0 Å². The molecule has 2 atom stereocenters. The first-order chi connectivity index (χ1) is 9.80. The van der Waals surface area contributed by atoms with Crippen LogP contribution in [0, 0.1) is 0 Å². The molecule has 3 heterocycles. The number of piperidine rings is 1. The predicted octanol–water partition coefficient (Wildman–Crippen LogP) is 3.07. The minimum atomic E-state index is 0.0279. The van der Waals surface area contributed by atoms with Gasteiger partial charge >= 0.3 is 0 Å². The van der Waals surface area contributed by atoms with Crippen molar-refractivity contribution in [3.63, 3.8) is 0 Å². The summed E-state index contributed by atoms with van der Waals surface area (Å²) in [5.74, 6) is 0. The summed E-state index contributed by atoms with van der Waals surface area (Å²) in [6, 6.07) is 2.22. The Morgan fingerprint density at radius 1 is 1.60 bits per heavy atom. The van der Waals surface area contributed by atoms with Crippen LogP contribution in [0.1, 0.15) is 24.8 Å². The number of thiophene rings is 1. The molecule has 0 aromatic carbocycles. The van der Waals surface area contributed by atoms with Gasteiger partial charge in [0, 0.05) is 19.5 Å². The van der Waals surface area contributed by atoms with E-state index in [0.29, 0.717) is 6.61 Å². The zero-order valence-electron chi connectivity index (χ0n) is 11.9. The smallest absolute Gasteiger partial charge is 0.0841 e. The van der Waals surface area contributed by atoms with Gasteiger partial charge in [-0.2, -0.15) is 11.3 Å². The van der Waals surface area contributed by atoms with Gasteiger partial charge in [-0.05, 0) is 41.8 Å². The molecule has 3 nitrogen and oxygen atoms in total. The SMILES string of the molecule is C=CCO[C@H]1CO[C@@]2(CCCN(Cc3ccsc3)C2)C1. The minimum Gasteiger partial charge on any atom is -0.372 e. The molecule has 110 valence electrons. The molecule has 1 aromatic rings. The van der Waals surface area contributed by atoms with Gasteiger partial charge in [-0.15, -0.1) is 6.58 Å². The van der Waals surface area contributed by atoms with Gasteiger partial charge in [-0.1, -0.05) is 6.08 Å². The van der Waals surface area contributed by atoms with E-state index in [-0.39, 0.29) is 11.7 Å². The summed E-state index contributed by atoms with van der Waals surface area (Å²) in [6.45, 7) is 8.34. The highest BCUT2D eigenvalue weighted by molar-refractivity contribution is 7.07. The fourth-order valence-electron chi connectivity index (χ4n) is 3.36. The summed E-state index contributed by atoms with van der Waals surface area (Å²) >= 11 is 1.77. The molecule has 0 aliphatic carbocycles. The minimum absolute atomic E-state index is 0.0279. The number of ether oxygens (including phenoxy) is 2. The summed E-state index contributed by atoms with van der Waals surface area (Å²) in [4.78, 5) is 2.53. The van der Waals surface area contributed by atoms with Gasteiger partial charge < -0.3 is 9.47 Å². The van der Waals surface area contributed by atoms with Crippen molar-refractivity contribution in [1.29, 1.82) is 0 Å². The maximum Gasteiger partial charge on any atom is 0.0841 e. The fourth-order valence-corrected chi connectivity index (χ4v) is 4.02. The first-order valence-electron chi connectivity index (χ1n) is 7.40. The van der Waals surface area contributed by atoms with E-state index in [0.717, 1.165) is 26.1 Å². The molecule has 0 N–H and O–H groups in total. The molecule has 2 aliphatic heterocycles. The van der Waals surface area contributed by atoms with Crippen LogP contribution in [0.4, 0.5) is 0 Å². The first-order valence-corrected chi connectivity index (χ1v) is 8.34. The molecule has 2 fully saturated rings. The van der Waals surface area contributed by atoms with Crippen molar-refractivity contribution >= 4 is 11.3 Å². The quantitative estimate of drug-likeness (QED) is 0.779. The molecule has 1 spiro atoms. The zero-order valence-corrected chi connectivity index (χ0v) is 12.7. The maximum atomic E-state index is 6.14. The zero-order chi connectivity index (χ0) is 13.8. The Hall–Kier alpha value is -0.680. The molecular weight excluding hydrogens is 270 g/mol. The summed E-state index contributed by atoms with van der Waals surface area (Å²) in [5, 5.41) is 4.40. The Morgan fingerprint density at radius 2 is 2.55 bits per heavy atom. The lowest BCUT2D eigenvalue weighted by Gasteiger charge is -2.39. The van der Waals surface area contributed by atoms with Gasteiger partial charge in [0.2, 0.25) is 0 Å². The topological polar surface area (TPSA) is 21.7 Å². The molecule has 2 aliphatic rings. The van der Waals surface area contributed by atoms with Crippen LogP contribution in [0.5, 0.6) is 0 Å². The monoisotopic (exact) mass is 293 g/mol. The molecule has 0 unspecified atom stereocenters.